The maximum absolute atomic E-state index is 6.03. The van der Waals surface area contributed by atoms with E-state index < -0.39 is 0 Å². The molecule has 0 atom stereocenters. The zero-order chi connectivity index (χ0) is 18.9. The van der Waals surface area contributed by atoms with Crippen molar-refractivity contribution in [3.63, 3.8) is 0 Å². The first-order valence-corrected chi connectivity index (χ1v) is 10.6. The van der Waals surface area contributed by atoms with Crippen molar-refractivity contribution in [3.05, 3.63) is 69.6 Å². The third-order valence-corrected chi connectivity index (χ3v) is 5.05. The van der Waals surface area contributed by atoms with E-state index in [-0.39, 0.29) is 0 Å². The zero-order valence-electron chi connectivity index (χ0n) is 14.9. The maximum Gasteiger partial charge on any atom is 0.221 e. The average Bonchev–Trinajstić information content (AvgIpc) is 2.57. The first kappa shape index (κ1) is 21.2. The van der Waals surface area contributed by atoms with E-state index >= 15 is 0 Å². The van der Waals surface area contributed by atoms with Crippen molar-refractivity contribution in [3.8, 4) is 0 Å². The van der Waals surface area contributed by atoms with Gasteiger partial charge in [-0.25, -0.2) is 0 Å². The van der Waals surface area contributed by atoms with Crippen LogP contribution >= 0.6 is 46.9 Å². The van der Waals surface area contributed by atoms with E-state index in [0.717, 1.165) is 9.79 Å². The van der Waals surface area contributed by atoms with Crippen LogP contribution in [0.4, 0.5) is 0 Å². The van der Waals surface area contributed by atoms with Gasteiger partial charge in [-0.15, -0.1) is 0 Å². The van der Waals surface area contributed by atoms with E-state index in [4.69, 9.17) is 27.9 Å². The van der Waals surface area contributed by atoms with Gasteiger partial charge in [0.2, 0.25) is 5.90 Å². The SMILES string of the molecule is Cc1ccc(SN=C(/C=C/Sc2cc(Cl)cc(Cl)c2)OCC(C)C)cc1. The van der Waals surface area contributed by atoms with Gasteiger partial charge < -0.3 is 4.74 Å². The first-order chi connectivity index (χ1) is 12.4. The predicted molar refractivity (Wildman–Crippen MR) is 117 cm³/mol. The second-order valence-corrected chi connectivity index (χ2v) is 8.75. The summed E-state index contributed by atoms with van der Waals surface area (Å²) in [6.07, 6.45) is 1.86. The van der Waals surface area contributed by atoms with Gasteiger partial charge in [0.25, 0.3) is 0 Å². The van der Waals surface area contributed by atoms with E-state index in [2.05, 4.69) is 49.4 Å². The van der Waals surface area contributed by atoms with E-state index in [1.165, 1.54) is 29.3 Å². The Labute approximate surface area is 174 Å². The predicted octanol–water partition coefficient (Wildman–Crippen LogP) is 7.69. The molecule has 0 unspecified atom stereocenters. The third-order valence-electron chi connectivity index (χ3n) is 3.08. The highest BCUT2D eigenvalue weighted by molar-refractivity contribution is 8.02. The molecule has 0 N–H and O–H groups in total. The lowest BCUT2D eigenvalue weighted by Crippen LogP contribution is -2.07. The smallest absolute Gasteiger partial charge is 0.221 e. The van der Waals surface area contributed by atoms with Crippen LogP contribution in [0.5, 0.6) is 0 Å². The van der Waals surface area contributed by atoms with Crippen LogP contribution in [0.2, 0.25) is 10.0 Å². The minimum Gasteiger partial charge on any atom is -0.477 e. The van der Waals surface area contributed by atoms with E-state index in [1.807, 2.05) is 23.6 Å². The standard InChI is InChI=1S/C20H21Cl2NOS2/c1-14(2)13-24-20(23-26-18-6-4-15(3)5-7-18)8-9-25-19-11-16(21)10-17(22)12-19/h4-12,14H,13H2,1-3H3/b9-8+,23-20?. The van der Waals surface area contributed by atoms with Crippen LogP contribution in [0.15, 0.2) is 68.1 Å². The van der Waals surface area contributed by atoms with Crippen LogP contribution in [0.1, 0.15) is 19.4 Å². The minimum absolute atomic E-state index is 0.428. The summed E-state index contributed by atoms with van der Waals surface area (Å²) >= 11 is 15.0. The molecule has 0 saturated heterocycles. The van der Waals surface area contributed by atoms with Crippen molar-refractivity contribution in [1.29, 1.82) is 0 Å². The highest BCUT2D eigenvalue weighted by Gasteiger charge is 2.02. The molecular weight excluding hydrogens is 405 g/mol. The topological polar surface area (TPSA) is 21.6 Å². The molecule has 138 valence electrons. The quantitative estimate of drug-likeness (QED) is 0.196. The Hall–Kier alpha value is -1.07. The number of halogens is 2. The summed E-state index contributed by atoms with van der Waals surface area (Å²) in [5.41, 5.74) is 1.23. The minimum atomic E-state index is 0.428. The van der Waals surface area contributed by atoms with Crippen molar-refractivity contribution in [2.75, 3.05) is 6.61 Å². The lowest BCUT2D eigenvalue weighted by molar-refractivity contribution is 0.262. The van der Waals surface area contributed by atoms with Crippen LogP contribution < -0.4 is 0 Å². The summed E-state index contributed by atoms with van der Waals surface area (Å²) in [4.78, 5) is 2.04. The molecule has 0 heterocycles. The molecule has 0 aromatic heterocycles. The molecule has 0 spiro atoms. The Morgan fingerprint density at radius 1 is 1.08 bits per heavy atom. The van der Waals surface area contributed by atoms with Gasteiger partial charge >= 0.3 is 0 Å². The van der Waals surface area contributed by atoms with Gasteiger partial charge in [-0.05, 0) is 48.6 Å². The molecule has 2 aromatic rings. The number of hydrogen-bond acceptors (Lipinski definition) is 4. The van der Waals surface area contributed by atoms with Crippen LogP contribution in [-0.4, -0.2) is 12.5 Å². The lowest BCUT2D eigenvalue weighted by atomic mass is 10.2. The summed E-state index contributed by atoms with van der Waals surface area (Å²) in [6, 6.07) is 13.7. The molecule has 0 bridgehead atoms. The fourth-order valence-electron chi connectivity index (χ4n) is 1.82. The molecule has 0 amide bonds. The van der Waals surface area contributed by atoms with Gasteiger partial charge in [-0.2, -0.15) is 4.40 Å². The number of benzene rings is 2. The molecule has 0 radical (unpaired) electrons. The van der Waals surface area contributed by atoms with Gasteiger partial charge in [0.15, 0.2) is 0 Å². The fourth-order valence-corrected chi connectivity index (χ4v) is 3.77. The van der Waals surface area contributed by atoms with Crippen LogP contribution in [0.25, 0.3) is 0 Å². The molecule has 0 saturated carbocycles. The van der Waals surface area contributed by atoms with Gasteiger partial charge in [0.05, 0.1) is 6.61 Å². The molecule has 6 heteroatoms. The van der Waals surface area contributed by atoms with Gasteiger partial charge in [-0.1, -0.05) is 66.5 Å². The van der Waals surface area contributed by atoms with Gasteiger partial charge in [-0.3, -0.25) is 0 Å². The summed E-state index contributed by atoms with van der Waals surface area (Å²) < 4.78 is 10.3. The van der Waals surface area contributed by atoms with Crippen LogP contribution in [-0.2, 0) is 4.74 Å². The highest BCUT2D eigenvalue weighted by Crippen LogP contribution is 2.27. The van der Waals surface area contributed by atoms with Gasteiger partial charge in [0.1, 0.15) is 0 Å². The maximum atomic E-state index is 6.03. The molecule has 0 aliphatic heterocycles. The summed E-state index contributed by atoms with van der Waals surface area (Å²) in [7, 11) is 0. The van der Waals surface area contributed by atoms with Crippen molar-refractivity contribution in [2.45, 2.75) is 30.6 Å². The van der Waals surface area contributed by atoms with Crippen molar-refractivity contribution < 1.29 is 4.74 Å². The average molecular weight is 426 g/mol. The molecule has 0 aliphatic carbocycles. The molecule has 2 rings (SSSR count). The largest absolute Gasteiger partial charge is 0.477 e. The molecule has 0 fully saturated rings. The second-order valence-electron chi connectivity index (χ2n) is 6.06. The molecule has 2 nitrogen and oxygen atoms in total. The third kappa shape index (κ3) is 8.09. The lowest BCUT2D eigenvalue weighted by Gasteiger charge is -2.08. The highest BCUT2D eigenvalue weighted by atomic mass is 35.5. The molecule has 26 heavy (non-hydrogen) atoms. The fraction of sp³-hybridized carbons (Fsp3) is 0.250. The number of hydrogen-bond donors (Lipinski definition) is 0. The van der Waals surface area contributed by atoms with Crippen molar-refractivity contribution in [1.82, 2.24) is 0 Å². The Morgan fingerprint density at radius 2 is 1.73 bits per heavy atom. The molecule has 0 aliphatic rings. The zero-order valence-corrected chi connectivity index (χ0v) is 18.1. The first-order valence-electron chi connectivity index (χ1n) is 8.16. The Kier molecular flexibility index (Phi) is 8.93. The monoisotopic (exact) mass is 425 g/mol. The Bertz CT molecular complexity index is 754. The summed E-state index contributed by atoms with van der Waals surface area (Å²) in [6.45, 7) is 6.90. The van der Waals surface area contributed by atoms with Crippen molar-refractivity contribution >= 4 is 52.8 Å². The molecule has 2 aromatic carbocycles. The number of nitrogens with zero attached hydrogens (tertiary/aromatic N) is 1. The summed E-state index contributed by atoms with van der Waals surface area (Å²) in [5, 5.41) is 3.16. The van der Waals surface area contributed by atoms with Gasteiger partial charge in [0, 0.05) is 37.9 Å². The van der Waals surface area contributed by atoms with E-state index in [1.54, 1.807) is 6.07 Å². The number of ether oxygens (including phenoxy) is 1. The van der Waals surface area contributed by atoms with Crippen LogP contribution in [0.3, 0.4) is 0 Å². The second kappa shape index (κ2) is 10.9. The normalized spacial score (nSPS) is 12.2. The van der Waals surface area contributed by atoms with E-state index in [0.29, 0.717) is 28.5 Å². The van der Waals surface area contributed by atoms with Crippen LogP contribution in [0, 0.1) is 12.8 Å². The summed E-state index contributed by atoms with van der Waals surface area (Å²) in [5.74, 6) is 1.02. The Morgan fingerprint density at radius 3 is 2.35 bits per heavy atom. The van der Waals surface area contributed by atoms with Crippen molar-refractivity contribution in [2.24, 2.45) is 10.3 Å². The Balaban J connectivity index is 2.05. The van der Waals surface area contributed by atoms with E-state index in [9.17, 15) is 0 Å². The number of rotatable bonds is 7. The number of thioether (sulfide) groups is 1. The molecular formula is C20H21Cl2NOS2. The number of aryl methyl sites for hydroxylation is 1.